The first-order valence-corrected chi connectivity index (χ1v) is 4.50. The Balaban J connectivity index is 2.07. The summed E-state index contributed by atoms with van der Waals surface area (Å²) >= 11 is 0. The molecule has 14 heavy (non-hydrogen) atoms. The van der Waals surface area contributed by atoms with E-state index in [-0.39, 0.29) is 6.10 Å². The van der Waals surface area contributed by atoms with Crippen LogP contribution in [0.15, 0.2) is 6.33 Å². The van der Waals surface area contributed by atoms with Crippen LogP contribution in [0.5, 0.6) is 0 Å². The Morgan fingerprint density at radius 2 is 2.50 bits per heavy atom. The lowest BCUT2D eigenvalue weighted by molar-refractivity contribution is -0.135. The van der Waals surface area contributed by atoms with Crippen molar-refractivity contribution in [2.75, 3.05) is 19.8 Å². The molecule has 78 valence electrons. The van der Waals surface area contributed by atoms with Crippen LogP contribution in [0.25, 0.3) is 0 Å². The smallest absolute Gasteiger partial charge is 0.158 e. The zero-order valence-electron chi connectivity index (χ0n) is 7.96. The molecule has 0 radical (unpaired) electrons. The fourth-order valence-corrected chi connectivity index (χ4v) is 1.43. The number of aromatic nitrogens is 3. The molecule has 0 bridgehead atoms. The first kappa shape index (κ1) is 9.57. The zero-order valence-corrected chi connectivity index (χ0v) is 7.96. The van der Waals surface area contributed by atoms with Crippen molar-refractivity contribution in [1.82, 2.24) is 14.8 Å². The molecule has 1 aromatic heterocycles. The van der Waals surface area contributed by atoms with E-state index in [0.29, 0.717) is 25.6 Å². The van der Waals surface area contributed by atoms with Gasteiger partial charge in [-0.2, -0.15) is 5.10 Å². The molecule has 2 rings (SSSR count). The van der Waals surface area contributed by atoms with Crippen LogP contribution in [-0.4, -0.2) is 45.8 Å². The summed E-state index contributed by atoms with van der Waals surface area (Å²) in [5.41, 5.74) is 0. The zero-order chi connectivity index (χ0) is 9.97. The van der Waals surface area contributed by atoms with E-state index in [0.717, 1.165) is 0 Å². The van der Waals surface area contributed by atoms with E-state index in [9.17, 15) is 5.11 Å². The van der Waals surface area contributed by atoms with Gasteiger partial charge < -0.3 is 14.6 Å². The van der Waals surface area contributed by atoms with Crippen molar-refractivity contribution in [3.63, 3.8) is 0 Å². The van der Waals surface area contributed by atoms with E-state index < -0.39 is 6.10 Å². The average Bonchev–Trinajstić information content (AvgIpc) is 2.65. The molecule has 0 saturated carbocycles. The lowest BCUT2D eigenvalue weighted by Gasteiger charge is -2.26. The highest BCUT2D eigenvalue weighted by molar-refractivity contribution is 4.93. The minimum atomic E-state index is -0.775. The van der Waals surface area contributed by atoms with E-state index in [1.165, 1.54) is 11.0 Å². The van der Waals surface area contributed by atoms with Crippen molar-refractivity contribution in [2.24, 2.45) is 7.05 Å². The molecule has 1 aliphatic heterocycles. The second-order valence-electron chi connectivity index (χ2n) is 3.17. The number of aliphatic hydroxyl groups is 1. The van der Waals surface area contributed by atoms with Crippen LogP contribution < -0.4 is 0 Å². The molecule has 1 aliphatic rings. The normalized spacial score (nSPS) is 24.9. The van der Waals surface area contributed by atoms with Gasteiger partial charge in [0.25, 0.3) is 0 Å². The molecule has 2 unspecified atom stereocenters. The van der Waals surface area contributed by atoms with Gasteiger partial charge in [-0.15, -0.1) is 0 Å². The van der Waals surface area contributed by atoms with Gasteiger partial charge in [0.2, 0.25) is 0 Å². The highest BCUT2D eigenvalue weighted by atomic mass is 16.6. The molecule has 1 saturated heterocycles. The van der Waals surface area contributed by atoms with Gasteiger partial charge in [0, 0.05) is 7.05 Å². The van der Waals surface area contributed by atoms with Crippen LogP contribution in [0.4, 0.5) is 0 Å². The van der Waals surface area contributed by atoms with Gasteiger partial charge >= 0.3 is 0 Å². The van der Waals surface area contributed by atoms with Crippen molar-refractivity contribution in [3.05, 3.63) is 12.2 Å². The molecule has 1 N–H and O–H groups in total. The number of hydrogen-bond acceptors (Lipinski definition) is 5. The van der Waals surface area contributed by atoms with E-state index in [1.807, 2.05) is 0 Å². The number of aliphatic hydroxyl groups excluding tert-OH is 1. The summed E-state index contributed by atoms with van der Waals surface area (Å²) in [6, 6.07) is 0. The van der Waals surface area contributed by atoms with Gasteiger partial charge in [0.15, 0.2) is 5.82 Å². The quantitative estimate of drug-likeness (QED) is 0.679. The molecule has 1 fully saturated rings. The van der Waals surface area contributed by atoms with Gasteiger partial charge in [0.1, 0.15) is 18.5 Å². The van der Waals surface area contributed by atoms with Crippen molar-refractivity contribution in [3.8, 4) is 0 Å². The van der Waals surface area contributed by atoms with Crippen LogP contribution in [0.1, 0.15) is 11.9 Å². The Labute approximate surface area is 81.5 Å². The molecular weight excluding hydrogens is 186 g/mol. The number of aryl methyl sites for hydroxylation is 1. The predicted octanol–water partition coefficient (Wildman–Crippen LogP) is -0.736. The van der Waals surface area contributed by atoms with Gasteiger partial charge in [-0.3, -0.25) is 4.68 Å². The molecule has 6 heteroatoms. The van der Waals surface area contributed by atoms with E-state index in [1.54, 1.807) is 7.05 Å². The maximum atomic E-state index is 9.89. The van der Waals surface area contributed by atoms with Crippen LogP contribution >= 0.6 is 0 Å². The third kappa shape index (κ3) is 1.77. The minimum Gasteiger partial charge on any atom is -0.382 e. The SMILES string of the molecule is Cn1ncnc1C(O)C1COCCO1. The third-order valence-electron chi connectivity index (χ3n) is 2.20. The summed E-state index contributed by atoms with van der Waals surface area (Å²) in [5, 5.41) is 13.8. The van der Waals surface area contributed by atoms with E-state index >= 15 is 0 Å². The topological polar surface area (TPSA) is 69.4 Å². The summed E-state index contributed by atoms with van der Waals surface area (Å²) in [6.45, 7) is 1.50. The number of ether oxygens (including phenoxy) is 2. The molecule has 0 amide bonds. The van der Waals surface area contributed by atoms with Crippen molar-refractivity contribution in [2.45, 2.75) is 12.2 Å². The second-order valence-corrected chi connectivity index (χ2v) is 3.17. The monoisotopic (exact) mass is 199 g/mol. The maximum Gasteiger partial charge on any atom is 0.158 e. The highest BCUT2D eigenvalue weighted by Gasteiger charge is 2.27. The summed E-state index contributed by atoms with van der Waals surface area (Å²) in [5.74, 6) is 0.500. The number of hydrogen-bond donors (Lipinski definition) is 1. The molecule has 0 aliphatic carbocycles. The molecule has 2 atom stereocenters. The summed E-state index contributed by atoms with van der Waals surface area (Å²) in [7, 11) is 1.73. The molecule has 1 aromatic rings. The third-order valence-corrected chi connectivity index (χ3v) is 2.20. The second kappa shape index (κ2) is 4.04. The van der Waals surface area contributed by atoms with E-state index in [4.69, 9.17) is 9.47 Å². The van der Waals surface area contributed by atoms with Gasteiger partial charge in [-0.1, -0.05) is 0 Å². The van der Waals surface area contributed by atoms with Gasteiger partial charge in [-0.05, 0) is 0 Å². The molecule has 2 heterocycles. The number of rotatable bonds is 2. The molecule has 0 aromatic carbocycles. The molecular formula is C8H13N3O3. The summed E-state index contributed by atoms with van der Waals surface area (Å²) in [4.78, 5) is 3.96. The minimum absolute atomic E-state index is 0.341. The lowest BCUT2D eigenvalue weighted by Crippen LogP contribution is -2.34. The molecule has 0 spiro atoms. The first-order valence-electron chi connectivity index (χ1n) is 4.50. The van der Waals surface area contributed by atoms with E-state index in [2.05, 4.69) is 10.1 Å². The van der Waals surface area contributed by atoms with Crippen molar-refractivity contribution in [1.29, 1.82) is 0 Å². The predicted molar refractivity (Wildman–Crippen MR) is 46.5 cm³/mol. The fraction of sp³-hybridized carbons (Fsp3) is 0.750. The Bertz CT molecular complexity index is 296. The van der Waals surface area contributed by atoms with Crippen LogP contribution in [0.2, 0.25) is 0 Å². The van der Waals surface area contributed by atoms with Crippen LogP contribution in [0, 0.1) is 0 Å². The lowest BCUT2D eigenvalue weighted by atomic mass is 10.2. The first-order chi connectivity index (χ1) is 6.79. The number of nitrogens with zero attached hydrogens (tertiary/aromatic N) is 3. The summed E-state index contributed by atoms with van der Waals surface area (Å²) < 4.78 is 12.1. The standard InChI is InChI=1S/C8H13N3O3/c1-11-8(9-5-10-11)7(12)6-4-13-2-3-14-6/h5-7,12H,2-4H2,1H3. The summed E-state index contributed by atoms with van der Waals surface area (Å²) in [6.07, 6.45) is 0.289. The molecule has 6 nitrogen and oxygen atoms in total. The van der Waals surface area contributed by atoms with Crippen LogP contribution in [0.3, 0.4) is 0 Å². The Kier molecular flexibility index (Phi) is 2.76. The Morgan fingerprint density at radius 3 is 3.07 bits per heavy atom. The maximum absolute atomic E-state index is 9.89. The largest absolute Gasteiger partial charge is 0.382 e. The van der Waals surface area contributed by atoms with Crippen molar-refractivity contribution >= 4 is 0 Å². The highest BCUT2D eigenvalue weighted by Crippen LogP contribution is 2.18. The Hall–Kier alpha value is -0.980. The van der Waals surface area contributed by atoms with Crippen LogP contribution in [-0.2, 0) is 16.5 Å². The van der Waals surface area contributed by atoms with Gasteiger partial charge in [-0.25, -0.2) is 4.98 Å². The Morgan fingerprint density at radius 1 is 1.64 bits per heavy atom. The van der Waals surface area contributed by atoms with Crippen molar-refractivity contribution < 1.29 is 14.6 Å². The van der Waals surface area contributed by atoms with Gasteiger partial charge in [0.05, 0.1) is 19.8 Å². The fourth-order valence-electron chi connectivity index (χ4n) is 1.43. The average molecular weight is 199 g/mol.